The Balaban J connectivity index is 2.53. The second-order valence-electron chi connectivity index (χ2n) is 3.55. The van der Waals surface area contributed by atoms with Crippen LogP contribution in [0.15, 0.2) is 30.3 Å². The van der Waals surface area contributed by atoms with Crippen LogP contribution < -0.4 is 0 Å². The van der Waals surface area contributed by atoms with Crippen molar-refractivity contribution in [3.63, 3.8) is 0 Å². The molecule has 0 unspecified atom stereocenters. The molecule has 0 fully saturated rings. The lowest BCUT2D eigenvalue weighted by atomic mass is 9.97. The van der Waals surface area contributed by atoms with Crippen LogP contribution in [-0.4, -0.2) is 11.1 Å². The van der Waals surface area contributed by atoms with Crippen LogP contribution >= 0.6 is 0 Å². The van der Waals surface area contributed by atoms with E-state index in [1.165, 1.54) is 0 Å². The summed E-state index contributed by atoms with van der Waals surface area (Å²) in [5.41, 5.74) is 1.47. The van der Waals surface area contributed by atoms with Crippen LogP contribution in [0.2, 0.25) is 0 Å². The first-order chi connectivity index (χ1) is 7.27. The number of phenolic OH excluding ortho intramolecular Hbond substituents is 1. The van der Waals surface area contributed by atoms with Crippen LogP contribution in [0.1, 0.15) is 15.9 Å². The largest absolute Gasteiger partial charge is 0.507 e. The lowest BCUT2D eigenvalue weighted by Crippen LogP contribution is -2.12. The molecule has 1 N–H and O–H groups in total. The standard InChI is InChI=1S/C12H8O3/c13-10-5-4-7-6-15-12(14)9-3-1-2-8(10)11(7)9/h1-5,13H,6H2. The Kier molecular flexibility index (Phi) is 1.51. The normalized spacial score (nSPS) is 14.0. The summed E-state index contributed by atoms with van der Waals surface area (Å²) in [7, 11) is 0. The monoisotopic (exact) mass is 200 g/mol. The number of hydrogen-bond donors (Lipinski definition) is 1. The Bertz CT molecular complexity index is 572. The molecule has 1 aliphatic rings. The fraction of sp³-hybridized carbons (Fsp3) is 0.0833. The van der Waals surface area contributed by atoms with Gasteiger partial charge in [0.2, 0.25) is 0 Å². The quantitative estimate of drug-likeness (QED) is 0.663. The van der Waals surface area contributed by atoms with Crippen molar-refractivity contribution < 1.29 is 14.6 Å². The Morgan fingerprint density at radius 3 is 2.93 bits per heavy atom. The number of ether oxygens (including phenoxy) is 1. The van der Waals surface area contributed by atoms with Gasteiger partial charge in [0.05, 0.1) is 5.56 Å². The topological polar surface area (TPSA) is 46.5 Å². The Morgan fingerprint density at radius 2 is 2.07 bits per heavy atom. The van der Waals surface area contributed by atoms with Crippen molar-refractivity contribution >= 4 is 16.7 Å². The summed E-state index contributed by atoms with van der Waals surface area (Å²) in [6, 6.07) is 8.67. The summed E-state index contributed by atoms with van der Waals surface area (Å²) >= 11 is 0. The number of benzene rings is 2. The first-order valence-electron chi connectivity index (χ1n) is 4.68. The maximum Gasteiger partial charge on any atom is 0.339 e. The minimum absolute atomic E-state index is 0.199. The van der Waals surface area contributed by atoms with E-state index in [9.17, 15) is 9.90 Å². The summed E-state index contributed by atoms with van der Waals surface area (Å²) in [6.45, 7) is 0.284. The molecule has 3 rings (SSSR count). The van der Waals surface area contributed by atoms with Gasteiger partial charge in [-0.1, -0.05) is 18.2 Å². The van der Waals surface area contributed by atoms with Gasteiger partial charge in [-0.25, -0.2) is 4.79 Å². The zero-order chi connectivity index (χ0) is 10.4. The minimum atomic E-state index is -0.321. The van der Waals surface area contributed by atoms with Crippen molar-refractivity contribution in [2.24, 2.45) is 0 Å². The number of aromatic hydroxyl groups is 1. The molecule has 0 saturated carbocycles. The van der Waals surface area contributed by atoms with Gasteiger partial charge in [0, 0.05) is 10.8 Å². The van der Waals surface area contributed by atoms with Crippen LogP contribution in [0.25, 0.3) is 10.8 Å². The number of rotatable bonds is 0. The molecule has 0 aromatic heterocycles. The lowest BCUT2D eigenvalue weighted by Gasteiger charge is -2.17. The summed E-state index contributed by atoms with van der Waals surface area (Å²) in [4.78, 5) is 11.5. The van der Waals surface area contributed by atoms with Crippen molar-refractivity contribution in [2.45, 2.75) is 6.61 Å². The molecule has 74 valence electrons. The summed E-state index contributed by atoms with van der Waals surface area (Å²) in [5.74, 6) is -0.121. The highest BCUT2D eigenvalue weighted by Crippen LogP contribution is 2.33. The highest BCUT2D eigenvalue weighted by Gasteiger charge is 2.20. The van der Waals surface area contributed by atoms with Gasteiger partial charge in [-0.05, 0) is 17.7 Å². The molecule has 3 nitrogen and oxygen atoms in total. The lowest BCUT2D eigenvalue weighted by molar-refractivity contribution is 0.0463. The second-order valence-corrected chi connectivity index (χ2v) is 3.55. The Labute approximate surface area is 85.9 Å². The van der Waals surface area contributed by atoms with E-state index in [-0.39, 0.29) is 18.3 Å². The van der Waals surface area contributed by atoms with E-state index in [1.54, 1.807) is 30.3 Å². The molecule has 0 bridgehead atoms. The molecule has 1 aliphatic heterocycles. The molecule has 0 radical (unpaired) electrons. The van der Waals surface area contributed by atoms with Gasteiger partial charge in [0.25, 0.3) is 0 Å². The average Bonchev–Trinajstić information content (AvgIpc) is 2.27. The van der Waals surface area contributed by atoms with E-state index in [1.807, 2.05) is 0 Å². The molecule has 3 heteroatoms. The van der Waals surface area contributed by atoms with Gasteiger partial charge >= 0.3 is 5.97 Å². The van der Waals surface area contributed by atoms with Gasteiger partial charge in [-0.3, -0.25) is 0 Å². The molecule has 2 aromatic carbocycles. The van der Waals surface area contributed by atoms with Crippen LogP contribution in [0.3, 0.4) is 0 Å². The first kappa shape index (κ1) is 8.29. The smallest absolute Gasteiger partial charge is 0.339 e. The Hall–Kier alpha value is -2.03. The number of carbonyl (C=O) groups is 1. The van der Waals surface area contributed by atoms with E-state index in [2.05, 4.69) is 0 Å². The van der Waals surface area contributed by atoms with Crippen LogP contribution in [0.5, 0.6) is 5.75 Å². The molecule has 15 heavy (non-hydrogen) atoms. The first-order valence-corrected chi connectivity index (χ1v) is 4.68. The fourth-order valence-electron chi connectivity index (χ4n) is 1.98. The predicted molar refractivity (Wildman–Crippen MR) is 54.7 cm³/mol. The fourth-order valence-corrected chi connectivity index (χ4v) is 1.98. The van der Waals surface area contributed by atoms with Crippen molar-refractivity contribution in [1.82, 2.24) is 0 Å². The van der Waals surface area contributed by atoms with Gasteiger partial charge < -0.3 is 9.84 Å². The molecule has 0 atom stereocenters. The molecular weight excluding hydrogens is 192 g/mol. The zero-order valence-electron chi connectivity index (χ0n) is 7.86. The van der Waals surface area contributed by atoms with E-state index in [4.69, 9.17) is 4.74 Å². The number of phenols is 1. The molecular formula is C12H8O3. The van der Waals surface area contributed by atoms with E-state index >= 15 is 0 Å². The highest BCUT2D eigenvalue weighted by atomic mass is 16.5. The molecule has 0 amide bonds. The molecule has 0 aliphatic carbocycles. The van der Waals surface area contributed by atoms with Crippen molar-refractivity contribution in [2.75, 3.05) is 0 Å². The predicted octanol–water partition coefficient (Wildman–Crippen LogP) is 2.22. The van der Waals surface area contributed by atoms with Crippen molar-refractivity contribution in [3.05, 3.63) is 41.5 Å². The third-order valence-electron chi connectivity index (χ3n) is 2.68. The van der Waals surface area contributed by atoms with Crippen LogP contribution in [-0.2, 0) is 11.3 Å². The second kappa shape index (κ2) is 2.73. The number of hydrogen-bond acceptors (Lipinski definition) is 3. The minimum Gasteiger partial charge on any atom is -0.507 e. The average molecular weight is 200 g/mol. The summed E-state index contributed by atoms with van der Waals surface area (Å²) in [6.07, 6.45) is 0. The van der Waals surface area contributed by atoms with Gasteiger partial charge in [-0.15, -0.1) is 0 Å². The third-order valence-corrected chi connectivity index (χ3v) is 2.68. The maximum atomic E-state index is 11.5. The maximum absolute atomic E-state index is 11.5. The molecule has 0 spiro atoms. The number of carbonyl (C=O) groups excluding carboxylic acids is 1. The van der Waals surface area contributed by atoms with E-state index in [0.29, 0.717) is 10.9 Å². The van der Waals surface area contributed by atoms with Gasteiger partial charge in [0.15, 0.2) is 0 Å². The van der Waals surface area contributed by atoms with Crippen LogP contribution in [0, 0.1) is 0 Å². The third kappa shape index (κ3) is 1.03. The van der Waals surface area contributed by atoms with Gasteiger partial charge in [0.1, 0.15) is 12.4 Å². The summed E-state index contributed by atoms with van der Waals surface area (Å²) in [5, 5.41) is 11.2. The van der Waals surface area contributed by atoms with E-state index < -0.39 is 0 Å². The summed E-state index contributed by atoms with van der Waals surface area (Å²) < 4.78 is 5.01. The zero-order valence-corrected chi connectivity index (χ0v) is 7.86. The van der Waals surface area contributed by atoms with Crippen LogP contribution in [0.4, 0.5) is 0 Å². The van der Waals surface area contributed by atoms with Crippen molar-refractivity contribution in [3.8, 4) is 5.75 Å². The molecule has 1 heterocycles. The number of cyclic esters (lactones) is 1. The highest BCUT2D eigenvalue weighted by molar-refractivity contribution is 6.08. The molecule has 0 saturated heterocycles. The molecule has 2 aromatic rings. The number of esters is 1. The SMILES string of the molecule is O=C1OCc2ccc(O)c3cccc1c23. The van der Waals surface area contributed by atoms with Crippen molar-refractivity contribution in [1.29, 1.82) is 0 Å². The van der Waals surface area contributed by atoms with Gasteiger partial charge in [-0.2, -0.15) is 0 Å². The van der Waals surface area contributed by atoms with E-state index in [0.717, 1.165) is 10.9 Å². The Morgan fingerprint density at radius 1 is 1.20 bits per heavy atom.